The van der Waals surface area contributed by atoms with E-state index in [0.29, 0.717) is 0 Å². The molecule has 2 saturated heterocycles. The first-order chi connectivity index (χ1) is 7.98. The number of rotatable bonds is 2. The molecule has 0 aliphatic carbocycles. The molecule has 0 bridgehead atoms. The van der Waals surface area contributed by atoms with Gasteiger partial charge in [0.05, 0.1) is 0 Å². The molecule has 2 rings (SSSR count). The molecular weight excluding hydrogens is 228 g/mol. The van der Waals surface area contributed by atoms with Crippen LogP contribution in [0.4, 0.5) is 0 Å². The Balaban J connectivity index is 2.21. The van der Waals surface area contributed by atoms with Crippen molar-refractivity contribution in [3.05, 3.63) is 10.4 Å². The maximum absolute atomic E-state index is 11.6. The van der Waals surface area contributed by atoms with Crippen LogP contribution in [-0.2, 0) is 19.0 Å². The third-order valence-electron chi connectivity index (χ3n) is 2.71. The Labute approximate surface area is 97.8 Å². The molecule has 4 atom stereocenters. The van der Waals surface area contributed by atoms with E-state index in [9.17, 15) is 4.79 Å². The molecule has 0 spiro atoms. The standard InChI is InChI=1S/C9H14N4O4/c1-9(2)16-6-4(12-13-10)5(7(14)11-3)15-8(6)17-9/h4-6,8H,1-3H3,(H,11,14)/t4-,5+,6-,8-/m1/s1. The van der Waals surface area contributed by atoms with E-state index in [1.54, 1.807) is 13.8 Å². The minimum Gasteiger partial charge on any atom is -0.357 e. The lowest BCUT2D eigenvalue weighted by molar-refractivity contribution is -0.207. The van der Waals surface area contributed by atoms with Gasteiger partial charge in [0.25, 0.3) is 0 Å². The maximum atomic E-state index is 11.6. The van der Waals surface area contributed by atoms with Crippen molar-refractivity contribution in [3.63, 3.8) is 0 Å². The van der Waals surface area contributed by atoms with Gasteiger partial charge in [-0.1, -0.05) is 5.11 Å². The van der Waals surface area contributed by atoms with Gasteiger partial charge in [0.2, 0.25) is 5.91 Å². The predicted octanol–water partition coefficient (Wildman–Crippen LogP) is 0.288. The second kappa shape index (κ2) is 4.15. The highest BCUT2D eigenvalue weighted by atomic mass is 16.8. The lowest BCUT2D eigenvalue weighted by Crippen LogP contribution is -2.42. The van der Waals surface area contributed by atoms with Crippen molar-refractivity contribution >= 4 is 5.91 Å². The zero-order valence-corrected chi connectivity index (χ0v) is 9.78. The van der Waals surface area contributed by atoms with Crippen LogP contribution in [0.5, 0.6) is 0 Å². The third kappa shape index (κ3) is 2.07. The largest absolute Gasteiger partial charge is 0.357 e. The van der Waals surface area contributed by atoms with Crippen LogP contribution in [0.15, 0.2) is 5.11 Å². The fourth-order valence-corrected chi connectivity index (χ4v) is 2.04. The van der Waals surface area contributed by atoms with Crippen LogP contribution in [0, 0.1) is 0 Å². The molecule has 2 fully saturated rings. The second-order valence-corrected chi connectivity index (χ2v) is 4.33. The van der Waals surface area contributed by atoms with Gasteiger partial charge in [0.15, 0.2) is 18.2 Å². The van der Waals surface area contributed by atoms with E-state index < -0.39 is 30.3 Å². The molecule has 0 aromatic heterocycles. The number of nitrogens with one attached hydrogen (secondary N) is 1. The summed E-state index contributed by atoms with van der Waals surface area (Å²) < 4.78 is 16.5. The molecule has 0 aromatic rings. The van der Waals surface area contributed by atoms with Crippen molar-refractivity contribution in [3.8, 4) is 0 Å². The van der Waals surface area contributed by atoms with E-state index in [1.165, 1.54) is 7.05 Å². The Bertz CT molecular complexity index is 379. The number of fused-ring (bicyclic) bond motifs is 1. The van der Waals surface area contributed by atoms with Crippen LogP contribution in [0.3, 0.4) is 0 Å². The first kappa shape index (κ1) is 12.1. The Morgan fingerprint density at radius 2 is 2.18 bits per heavy atom. The SMILES string of the molecule is CNC(=O)[C@H]1O[C@@H]2OC(C)(C)O[C@@H]2[C@@H]1N=[N+]=[N-]. The number of carbonyl (C=O) groups excluding carboxylic acids is 1. The number of likely N-dealkylation sites (N-methyl/N-ethyl adjacent to an activating group) is 1. The highest BCUT2D eigenvalue weighted by Gasteiger charge is 2.56. The quantitative estimate of drug-likeness (QED) is 0.426. The number of carbonyl (C=O) groups is 1. The summed E-state index contributed by atoms with van der Waals surface area (Å²) in [6.45, 7) is 3.47. The fraction of sp³-hybridized carbons (Fsp3) is 0.889. The van der Waals surface area contributed by atoms with Gasteiger partial charge in [0, 0.05) is 12.0 Å². The number of hydrogen-bond donors (Lipinski definition) is 1. The molecule has 1 amide bonds. The van der Waals surface area contributed by atoms with Gasteiger partial charge in [-0.05, 0) is 19.4 Å². The van der Waals surface area contributed by atoms with Gasteiger partial charge in [-0.3, -0.25) is 4.79 Å². The van der Waals surface area contributed by atoms with Crippen LogP contribution >= 0.6 is 0 Å². The molecule has 0 saturated carbocycles. The fourth-order valence-electron chi connectivity index (χ4n) is 2.04. The van der Waals surface area contributed by atoms with Crippen LogP contribution < -0.4 is 5.32 Å². The lowest BCUT2D eigenvalue weighted by atomic mass is 10.1. The maximum Gasteiger partial charge on any atom is 0.249 e. The van der Waals surface area contributed by atoms with E-state index in [0.717, 1.165) is 0 Å². The number of nitrogens with zero attached hydrogens (tertiary/aromatic N) is 3. The highest BCUT2D eigenvalue weighted by molar-refractivity contribution is 5.81. The number of azide groups is 1. The summed E-state index contributed by atoms with van der Waals surface area (Å²) in [4.78, 5) is 14.3. The van der Waals surface area contributed by atoms with E-state index in [2.05, 4.69) is 15.3 Å². The van der Waals surface area contributed by atoms with Gasteiger partial charge in [-0.25, -0.2) is 0 Å². The minimum atomic E-state index is -0.873. The highest BCUT2D eigenvalue weighted by Crippen LogP contribution is 2.38. The molecule has 17 heavy (non-hydrogen) atoms. The second-order valence-electron chi connectivity index (χ2n) is 4.33. The number of amides is 1. The summed E-state index contributed by atoms with van der Waals surface area (Å²) >= 11 is 0. The first-order valence-electron chi connectivity index (χ1n) is 5.25. The normalized spacial score (nSPS) is 38.3. The van der Waals surface area contributed by atoms with E-state index in [1.807, 2.05) is 0 Å². The Hall–Kier alpha value is -1.34. The molecular formula is C9H14N4O4. The average molecular weight is 242 g/mol. The summed E-state index contributed by atoms with van der Waals surface area (Å²) in [6, 6.07) is -0.716. The van der Waals surface area contributed by atoms with Crippen molar-refractivity contribution in [2.45, 2.75) is 44.2 Å². The molecule has 2 aliphatic rings. The molecule has 2 heterocycles. The smallest absolute Gasteiger partial charge is 0.249 e. The van der Waals surface area contributed by atoms with Crippen molar-refractivity contribution < 1.29 is 19.0 Å². The van der Waals surface area contributed by atoms with Crippen LogP contribution in [0.25, 0.3) is 10.4 Å². The summed E-state index contributed by atoms with van der Waals surface area (Å²) in [5, 5.41) is 6.02. The van der Waals surface area contributed by atoms with Crippen molar-refractivity contribution in [1.29, 1.82) is 0 Å². The summed E-state index contributed by atoms with van der Waals surface area (Å²) in [7, 11) is 1.48. The zero-order chi connectivity index (χ0) is 12.6. The molecule has 0 unspecified atom stereocenters. The third-order valence-corrected chi connectivity index (χ3v) is 2.71. The zero-order valence-electron chi connectivity index (χ0n) is 9.78. The first-order valence-corrected chi connectivity index (χ1v) is 5.25. The predicted molar refractivity (Wildman–Crippen MR) is 55.7 cm³/mol. The van der Waals surface area contributed by atoms with Crippen molar-refractivity contribution in [2.24, 2.45) is 5.11 Å². The molecule has 94 valence electrons. The number of hydrogen-bond acceptors (Lipinski definition) is 5. The van der Waals surface area contributed by atoms with Crippen molar-refractivity contribution in [1.82, 2.24) is 5.32 Å². The van der Waals surface area contributed by atoms with Gasteiger partial charge >= 0.3 is 0 Å². The van der Waals surface area contributed by atoms with E-state index in [-0.39, 0.29) is 5.91 Å². The van der Waals surface area contributed by atoms with Gasteiger partial charge in [-0.15, -0.1) is 0 Å². The minimum absolute atomic E-state index is 0.359. The summed E-state index contributed by atoms with van der Waals surface area (Å²) in [5.41, 5.74) is 8.52. The molecule has 2 aliphatic heterocycles. The van der Waals surface area contributed by atoms with E-state index in [4.69, 9.17) is 19.7 Å². The summed E-state index contributed by atoms with van der Waals surface area (Å²) in [5.74, 6) is -1.16. The van der Waals surface area contributed by atoms with E-state index >= 15 is 0 Å². The Morgan fingerprint density at radius 1 is 1.47 bits per heavy atom. The molecule has 1 N–H and O–H groups in total. The monoisotopic (exact) mass is 242 g/mol. The van der Waals surface area contributed by atoms with Gasteiger partial charge < -0.3 is 19.5 Å². The molecule has 8 nitrogen and oxygen atoms in total. The molecule has 0 radical (unpaired) electrons. The van der Waals surface area contributed by atoms with Crippen LogP contribution in [-0.4, -0.2) is 43.3 Å². The molecule has 0 aromatic carbocycles. The molecule has 8 heteroatoms. The average Bonchev–Trinajstić information content (AvgIpc) is 2.72. The summed E-state index contributed by atoms with van der Waals surface area (Å²) in [6.07, 6.45) is -2.10. The van der Waals surface area contributed by atoms with Crippen LogP contribution in [0.2, 0.25) is 0 Å². The Kier molecular flexibility index (Phi) is 2.96. The van der Waals surface area contributed by atoms with Gasteiger partial charge in [0.1, 0.15) is 12.1 Å². The number of ether oxygens (including phenoxy) is 3. The van der Waals surface area contributed by atoms with Crippen LogP contribution in [0.1, 0.15) is 13.8 Å². The topological polar surface area (TPSA) is 106 Å². The van der Waals surface area contributed by atoms with Crippen molar-refractivity contribution in [2.75, 3.05) is 7.05 Å². The Morgan fingerprint density at radius 3 is 2.76 bits per heavy atom. The lowest BCUT2D eigenvalue weighted by Gasteiger charge is -2.22. The van der Waals surface area contributed by atoms with Gasteiger partial charge in [-0.2, -0.15) is 0 Å².